The quantitative estimate of drug-likeness (QED) is 0.851. The first-order valence-electron chi connectivity index (χ1n) is 7.86. The summed E-state index contributed by atoms with van der Waals surface area (Å²) in [5.41, 5.74) is 3.11. The Kier molecular flexibility index (Phi) is 5.20. The highest BCUT2D eigenvalue weighted by atomic mass is 32.2. The molecule has 0 unspecified atom stereocenters. The highest BCUT2D eigenvalue weighted by Crippen LogP contribution is 2.23. The maximum Gasteiger partial charge on any atom is 0.260 e. The Hall–Kier alpha value is -2.27. The van der Waals surface area contributed by atoms with Gasteiger partial charge in [-0.15, -0.1) is 0 Å². The molecule has 0 radical (unpaired) electrons. The van der Waals surface area contributed by atoms with Gasteiger partial charge < -0.3 is 4.74 Å². The number of rotatable bonds is 4. The molecule has 4 nitrogen and oxygen atoms in total. The molecule has 124 valence electrons. The average molecular weight is 340 g/mol. The Balaban J connectivity index is 1.69. The standard InChI is InChI=1S/C19H20N2O2S/c1-14-5-3-6-15(11-14)13-24-19-20-9-10-21(19)18(22)16-7-4-8-17(12-16)23-2/h3-8,11-12H,9-10,13H2,1-2H3. The van der Waals surface area contributed by atoms with E-state index in [4.69, 9.17) is 4.74 Å². The third kappa shape index (κ3) is 3.79. The molecule has 0 atom stereocenters. The number of hydrogen-bond donors (Lipinski definition) is 0. The lowest BCUT2D eigenvalue weighted by Gasteiger charge is -2.18. The van der Waals surface area contributed by atoms with Crippen molar-refractivity contribution in [2.45, 2.75) is 12.7 Å². The highest BCUT2D eigenvalue weighted by Gasteiger charge is 2.25. The van der Waals surface area contributed by atoms with Gasteiger partial charge in [0, 0.05) is 17.9 Å². The molecule has 2 aromatic rings. The summed E-state index contributed by atoms with van der Waals surface area (Å²) in [7, 11) is 1.60. The number of amidine groups is 1. The van der Waals surface area contributed by atoms with Gasteiger partial charge in [-0.25, -0.2) is 0 Å². The molecule has 0 aliphatic carbocycles. The molecule has 0 saturated heterocycles. The molecule has 0 fully saturated rings. The molecule has 1 heterocycles. The van der Waals surface area contributed by atoms with Crippen molar-refractivity contribution in [2.24, 2.45) is 4.99 Å². The Labute approximate surface area is 146 Å². The molecule has 1 aliphatic rings. The van der Waals surface area contributed by atoms with Crippen LogP contribution in [-0.4, -0.2) is 36.2 Å². The van der Waals surface area contributed by atoms with Crippen molar-refractivity contribution in [3.63, 3.8) is 0 Å². The van der Waals surface area contributed by atoms with E-state index in [0.29, 0.717) is 24.4 Å². The van der Waals surface area contributed by atoms with Crippen LogP contribution < -0.4 is 4.74 Å². The van der Waals surface area contributed by atoms with Crippen LogP contribution in [0, 0.1) is 6.92 Å². The summed E-state index contributed by atoms with van der Waals surface area (Å²) in [6, 6.07) is 15.7. The SMILES string of the molecule is COc1cccc(C(=O)N2CCN=C2SCc2cccc(C)c2)c1. The Morgan fingerprint density at radius 1 is 1.25 bits per heavy atom. The molecule has 24 heavy (non-hydrogen) atoms. The Morgan fingerprint density at radius 2 is 2.08 bits per heavy atom. The van der Waals surface area contributed by atoms with Gasteiger partial charge >= 0.3 is 0 Å². The van der Waals surface area contributed by atoms with Gasteiger partial charge in [0.2, 0.25) is 0 Å². The molecule has 2 aromatic carbocycles. The molecule has 0 aromatic heterocycles. The van der Waals surface area contributed by atoms with Crippen molar-refractivity contribution in [1.82, 2.24) is 4.90 Å². The first-order valence-corrected chi connectivity index (χ1v) is 8.84. The fourth-order valence-corrected chi connectivity index (χ4v) is 3.59. The summed E-state index contributed by atoms with van der Waals surface area (Å²) in [6.45, 7) is 3.37. The molecule has 0 N–H and O–H groups in total. The minimum atomic E-state index is -0.0260. The number of carbonyl (C=O) groups is 1. The number of amides is 1. The van der Waals surface area contributed by atoms with Crippen molar-refractivity contribution in [1.29, 1.82) is 0 Å². The predicted molar refractivity (Wildman–Crippen MR) is 98.8 cm³/mol. The number of thioether (sulfide) groups is 1. The summed E-state index contributed by atoms with van der Waals surface area (Å²) in [5, 5.41) is 0.796. The van der Waals surface area contributed by atoms with Crippen LogP contribution in [-0.2, 0) is 5.75 Å². The number of hydrogen-bond acceptors (Lipinski definition) is 4. The summed E-state index contributed by atoms with van der Waals surface area (Å²) in [5.74, 6) is 1.47. The molecular weight excluding hydrogens is 320 g/mol. The van der Waals surface area contributed by atoms with Crippen molar-refractivity contribution in [3.05, 3.63) is 65.2 Å². The molecule has 1 amide bonds. The zero-order chi connectivity index (χ0) is 16.9. The number of ether oxygens (including phenoxy) is 1. The summed E-state index contributed by atoms with van der Waals surface area (Å²) in [4.78, 5) is 19.0. The molecule has 1 aliphatic heterocycles. The summed E-state index contributed by atoms with van der Waals surface area (Å²) < 4.78 is 5.20. The maximum absolute atomic E-state index is 12.8. The van der Waals surface area contributed by atoms with Gasteiger partial charge in [-0.3, -0.25) is 14.7 Å². The Bertz CT molecular complexity index is 773. The zero-order valence-corrected chi connectivity index (χ0v) is 14.7. The van der Waals surface area contributed by atoms with E-state index in [-0.39, 0.29) is 5.91 Å². The lowest BCUT2D eigenvalue weighted by Crippen LogP contribution is -2.32. The van der Waals surface area contributed by atoms with E-state index in [2.05, 4.69) is 36.2 Å². The summed E-state index contributed by atoms with van der Waals surface area (Å²) >= 11 is 1.61. The Morgan fingerprint density at radius 3 is 2.88 bits per heavy atom. The fourth-order valence-electron chi connectivity index (χ4n) is 2.60. The van der Waals surface area contributed by atoms with Gasteiger partial charge in [0.1, 0.15) is 5.75 Å². The normalized spacial score (nSPS) is 13.8. The van der Waals surface area contributed by atoms with Crippen LogP contribution in [0.3, 0.4) is 0 Å². The minimum Gasteiger partial charge on any atom is -0.497 e. The van der Waals surface area contributed by atoms with Crippen molar-refractivity contribution < 1.29 is 9.53 Å². The van der Waals surface area contributed by atoms with E-state index < -0.39 is 0 Å². The molecule has 5 heteroatoms. The maximum atomic E-state index is 12.8. The lowest BCUT2D eigenvalue weighted by molar-refractivity contribution is 0.0860. The van der Waals surface area contributed by atoms with Crippen LogP contribution in [0.4, 0.5) is 0 Å². The van der Waals surface area contributed by atoms with Gasteiger partial charge in [0.05, 0.1) is 13.7 Å². The highest BCUT2D eigenvalue weighted by molar-refractivity contribution is 8.13. The van der Waals surface area contributed by atoms with Gasteiger partial charge in [-0.2, -0.15) is 0 Å². The van der Waals surface area contributed by atoms with Gasteiger partial charge in [-0.05, 0) is 30.7 Å². The van der Waals surface area contributed by atoms with Gasteiger partial charge in [-0.1, -0.05) is 47.7 Å². The number of carbonyl (C=O) groups excluding carboxylic acids is 1. The second kappa shape index (κ2) is 7.53. The van der Waals surface area contributed by atoms with Crippen LogP contribution in [0.25, 0.3) is 0 Å². The smallest absolute Gasteiger partial charge is 0.260 e. The van der Waals surface area contributed by atoms with Gasteiger partial charge in [0.15, 0.2) is 5.17 Å². The van der Waals surface area contributed by atoms with Gasteiger partial charge in [0.25, 0.3) is 5.91 Å². The summed E-state index contributed by atoms with van der Waals surface area (Å²) in [6.07, 6.45) is 0. The third-order valence-corrected chi connectivity index (χ3v) is 4.90. The molecule has 0 bridgehead atoms. The predicted octanol–water partition coefficient (Wildman–Crippen LogP) is 3.75. The molecule has 0 spiro atoms. The van der Waals surface area contributed by atoms with E-state index in [1.54, 1.807) is 29.8 Å². The first kappa shape index (κ1) is 16.6. The van der Waals surface area contributed by atoms with E-state index in [1.807, 2.05) is 18.2 Å². The molecular formula is C19H20N2O2S. The second-order valence-corrected chi connectivity index (χ2v) is 6.57. The van der Waals surface area contributed by atoms with Crippen LogP contribution in [0.2, 0.25) is 0 Å². The van der Waals surface area contributed by atoms with Crippen molar-refractivity contribution in [2.75, 3.05) is 20.2 Å². The van der Waals surface area contributed by atoms with E-state index in [0.717, 1.165) is 10.9 Å². The molecule has 3 rings (SSSR count). The number of methoxy groups -OCH3 is 1. The fraction of sp³-hybridized carbons (Fsp3) is 0.263. The monoisotopic (exact) mass is 340 g/mol. The minimum absolute atomic E-state index is 0.0260. The first-order chi connectivity index (χ1) is 11.7. The average Bonchev–Trinajstić information content (AvgIpc) is 3.08. The van der Waals surface area contributed by atoms with E-state index in [1.165, 1.54) is 11.1 Å². The third-order valence-electron chi connectivity index (χ3n) is 3.81. The van der Waals surface area contributed by atoms with Crippen LogP contribution in [0.15, 0.2) is 53.5 Å². The second-order valence-electron chi connectivity index (χ2n) is 5.63. The number of aliphatic imine (C=N–C) groups is 1. The van der Waals surface area contributed by atoms with Crippen LogP contribution in [0.5, 0.6) is 5.75 Å². The number of benzene rings is 2. The van der Waals surface area contributed by atoms with Crippen LogP contribution >= 0.6 is 11.8 Å². The van der Waals surface area contributed by atoms with E-state index >= 15 is 0 Å². The molecule has 0 saturated carbocycles. The zero-order valence-electron chi connectivity index (χ0n) is 13.9. The van der Waals surface area contributed by atoms with Crippen LogP contribution in [0.1, 0.15) is 21.5 Å². The largest absolute Gasteiger partial charge is 0.497 e. The number of nitrogens with zero attached hydrogens (tertiary/aromatic N) is 2. The van der Waals surface area contributed by atoms with E-state index in [9.17, 15) is 4.79 Å². The van der Waals surface area contributed by atoms with Crippen molar-refractivity contribution >= 4 is 22.8 Å². The lowest BCUT2D eigenvalue weighted by atomic mass is 10.2. The topological polar surface area (TPSA) is 41.9 Å². The number of aryl methyl sites for hydroxylation is 1. The van der Waals surface area contributed by atoms with Crippen molar-refractivity contribution in [3.8, 4) is 5.75 Å².